The highest BCUT2D eigenvalue weighted by Gasteiger charge is 2.35. The fraction of sp³-hybridized carbons (Fsp3) is 0.474. The first-order valence-corrected chi connectivity index (χ1v) is 9.07. The molecule has 5 heteroatoms. The molecule has 0 radical (unpaired) electrons. The van der Waals surface area contributed by atoms with Crippen LogP contribution in [0.5, 0.6) is 0 Å². The number of halogens is 1. The molecule has 2 fully saturated rings. The molecule has 1 aliphatic carbocycles. The average molecular weight is 344 g/mol. The maximum absolute atomic E-state index is 12.3. The molecule has 0 bridgehead atoms. The van der Waals surface area contributed by atoms with E-state index in [4.69, 9.17) is 16.6 Å². The summed E-state index contributed by atoms with van der Waals surface area (Å²) in [5, 5.41) is 1.79. The van der Waals surface area contributed by atoms with Crippen LogP contribution in [-0.4, -0.2) is 42.0 Å². The highest BCUT2D eigenvalue weighted by molar-refractivity contribution is 6.31. The fourth-order valence-electron chi connectivity index (χ4n) is 3.54. The zero-order chi connectivity index (χ0) is 16.7. The molecule has 4 rings (SSSR count). The van der Waals surface area contributed by atoms with Crippen molar-refractivity contribution in [2.45, 2.75) is 31.7 Å². The number of hydrogen-bond acceptors (Lipinski definition) is 3. The number of nitrogens with zero attached hydrogens (tertiary/aromatic N) is 3. The number of aromatic nitrogens is 1. The number of carbonyl (C=O) groups is 1. The highest BCUT2D eigenvalue weighted by atomic mass is 35.5. The third-order valence-corrected chi connectivity index (χ3v) is 5.41. The van der Waals surface area contributed by atoms with Gasteiger partial charge in [0.1, 0.15) is 5.82 Å². The Morgan fingerprint density at radius 1 is 1.25 bits per heavy atom. The van der Waals surface area contributed by atoms with Crippen LogP contribution in [-0.2, 0) is 4.79 Å². The summed E-state index contributed by atoms with van der Waals surface area (Å²) in [7, 11) is 1.96. The van der Waals surface area contributed by atoms with Crippen molar-refractivity contribution in [2.24, 2.45) is 5.92 Å². The SMILES string of the molecule is CN(C(=O)C1CC1)C1CCCN(c2ccc3cc(Cl)ccc3n2)C1. The van der Waals surface area contributed by atoms with E-state index >= 15 is 0 Å². The van der Waals surface area contributed by atoms with Crippen molar-refractivity contribution < 1.29 is 4.79 Å². The van der Waals surface area contributed by atoms with Crippen molar-refractivity contribution in [2.75, 3.05) is 25.0 Å². The molecule has 1 aromatic carbocycles. The van der Waals surface area contributed by atoms with Crippen LogP contribution in [0.2, 0.25) is 5.02 Å². The van der Waals surface area contributed by atoms with Gasteiger partial charge in [0.05, 0.1) is 5.52 Å². The third-order valence-electron chi connectivity index (χ3n) is 5.18. The molecule has 0 N–H and O–H groups in total. The maximum atomic E-state index is 12.3. The molecule has 1 saturated carbocycles. The molecule has 1 unspecified atom stereocenters. The number of piperidine rings is 1. The molecule has 1 saturated heterocycles. The molecule has 2 aromatic rings. The summed E-state index contributed by atoms with van der Waals surface area (Å²) in [6, 6.07) is 10.2. The van der Waals surface area contributed by atoms with Crippen LogP contribution in [0.3, 0.4) is 0 Å². The van der Waals surface area contributed by atoms with Gasteiger partial charge in [-0.25, -0.2) is 4.98 Å². The molecule has 1 aromatic heterocycles. The predicted octanol–water partition coefficient (Wildman–Crippen LogP) is 3.73. The van der Waals surface area contributed by atoms with Crippen LogP contribution in [0.1, 0.15) is 25.7 Å². The smallest absolute Gasteiger partial charge is 0.225 e. The molecule has 1 amide bonds. The molecular weight excluding hydrogens is 322 g/mol. The Bertz CT molecular complexity index is 774. The zero-order valence-corrected chi connectivity index (χ0v) is 14.7. The van der Waals surface area contributed by atoms with Crippen LogP contribution in [0, 0.1) is 5.92 Å². The Balaban J connectivity index is 1.53. The summed E-state index contributed by atoms with van der Waals surface area (Å²) in [6.07, 6.45) is 4.30. The number of fused-ring (bicyclic) bond motifs is 1. The first kappa shape index (κ1) is 15.7. The molecule has 4 nitrogen and oxygen atoms in total. The minimum Gasteiger partial charge on any atom is -0.355 e. The standard InChI is InChI=1S/C19H22ClN3O/c1-22(19(24)13-4-5-13)16-3-2-10-23(12-16)18-9-6-14-11-15(20)7-8-17(14)21-18/h6-9,11,13,16H,2-5,10,12H2,1H3. The van der Waals surface area contributed by atoms with Gasteiger partial charge in [-0.1, -0.05) is 11.6 Å². The lowest BCUT2D eigenvalue weighted by Gasteiger charge is -2.38. The number of likely N-dealkylation sites (N-methyl/N-ethyl adjacent to an activating group) is 1. The fourth-order valence-corrected chi connectivity index (χ4v) is 3.72. The summed E-state index contributed by atoms with van der Waals surface area (Å²) in [6.45, 7) is 1.86. The Morgan fingerprint density at radius 3 is 2.88 bits per heavy atom. The highest BCUT2D eigenvalue weighted by Crippen LogP contribution is 2.32. The lowest BCUT2D eigenvalue weighted by molar-refractivity contribution is -0.133. The summed E-state index contributed by atoms with van der Waals surface area (Å²) >= 11 is 6.05. The molecule has 2 aliphatic rings. The second-order valence-corrected chi connectivity index (χ2v) is 7.41. The van der Waals surface area contributed by atoms with E-state index in [9.17, 15) is 4.79 Å². The van der Waals surface area contributed by atoms with E-state index in [1.165, 1.54) is 0 Å². The number of anilines is 1. The average Bonchev–Trinajstić information content (AvgIpc) is 3.45. The number of amides is 1. The largest absolute Gasteiger partial charge is 0.355 e. The molecule has 24 heavy (non-hydrogen) atoms. The van der Waals surface area contributed by atoms with Crippen molar-refractivity contribution in [1.29, 1.82) is 0 Å². The van der Waals surface area contributed by atoms with Crippen LogP contribution in [0.25, 0.3) is 10.9 Å². The Kier molecular flexibility index (Phi) is 4.09. The van der Waals surface area contributed by atoms with Crippen LogP contribution in [0.15, 0.2) is 30.3 Å². The first-order chi connectivity index (χ1) is 11.6. The van der Waals surface area contributed by atoms with Crippen LogP contribution in [0.4, 0.5) is 5.82 Å². The van der Waals surface area contributed by atoms with Gasteiger partial charge in [0, 0.05) is 42.5 Å². The van der Waals surface area contributed by atoms with Gasteiger partial charge in [0.2, 0.25) is 5.91 Å². The molecule has 2 heterocycles. The molecule has 0 spiro atoms. The summed E-state index contributed by atoms with van der Waals surface area (Å²) < 4.78 is 0. The van der Waals surface area contributed by atoms with Crippen molar-refractivity contribution in [3.8, 4) is 0 Å². The molecule has 126 valence electrons. The Labute approximate surface area is 147 Å². The van der Waals surface area contributed by atoms with E-state index in [1.54, 1.807) is 0 Å². The van der Waals surface area contributed by atoms with Gasteiger partial charge in [-0.3, -0.25) is 4.79 Å². The number of carbonyl (C=O) groups excluding carboxylic acids is 1. The molecule has 1 atom stereocenters. The predicted molar refractivity (Wildman–Crippen MR) is 97.5 cm³/mol. The molecule has 1 aliphatic heterocycles. The van der Waals surface area contributed by atoms with E-state index in [0.717, 1.165) is 60.5 Å². The van der Waals surface area contributed by atoms with Crippen molar-refractivity contribution >= 4 is 34.2 Å². The maximum Gasteiger partial charge on any atom is 0.225 e. The van der Waals surface area contributed by atoms with Crippen LogP contribution >= 0.6 is 11.6 Å². The van der Waals surface area contributed by atoms with Gasteiger partial charge in [-0.15, -0.1) is 0 Å². The normalized spacial score (nSPS) is 21.1. The van der Waals surface area contributed by atoms with Gasteiger partial charge < -0.3 is 9.80 Å². The van der Waals surface area contributed by atoms with Gasteiger partial charge >= 0.3 is 0 Å². The van der Waals surface area contributed by atoms with Crippen molar-refractivity contribution in [3.05, 3.63) is 35.4 Å². The van der Waals surface area contributed by atoms with Crippen LogP contribution < -0.4 is 4.90 Å². The van der Waals surface area contributed by atoms with E-state index in [-0.39, 0.29) is 12.0 Å². The van der Waals surface area contributed by atoms with E-state index < -0.39 is 0 Å². The van der Waals surface area contributed by atoms with Gasteiger partial charge in [-0.05, 0) is 56.0 Å². The van der Waals surface area contributed by atoms with Gasteiger partial charge in [0.25, 0.3) is 0 Å². The van der Waals surface area contributed by atoms with Gasteiger partial charge in [-0.2, -0.15) is 0 Å². The number of pyridine rings is 1. The first-order valence-electron chi connectivity index (χ1n) is 8.70. The Hall–Kier alpha value is -1.81. The number of rotatable bonds is 3. The van der Waals surface area contributed by atoms with E-state index in [2.05, 4.69) is 17.0 Å². The minimum atomic E-state index is 0.286. The summed E-state index contributed by atoms with van der Waals surface area (Å²) in [5.41, 5.74) is 0.960. The van der Waals surface area contributed by atoms with E-state index in [1.807, 2.05) is 30.1 Å². The Morgan fingerprint density at radius 2 is 2.08 bits per heavy atom. The molecular formula is C19H22ClN3O. The van der Waals surface area contributed by atoms with Crippen molar-refractivity contribution in [1.82, 2.24) is 9.88 Å². The lowest BCUT2D eigenvalue weighted by Crippen LogP contribution is -2.49. The van der Waals surface area contributed by atoms with E-state index in [0.29, 0.717) is 5.91 Å². The van der Waals surface area contributed by atoms with Crippen molar-refractivity contribution in [3.63, 3.8) is 0 Å². The lowest BCUT2D eigenvalue weighted by atomic mass is 10.0. The van der Waals surface area contributed by atoms with Gasteiger partial charge in [0.15, 0.2) is 0 Å². The quantitative estimate of drug-likeness (QED) is 0.852. The number of hydrogen-bond donors (Lipinski definition) is 0. The second-order valence-electron chi connectivity index (χ2n) is 6.97. The summed E-state index contributed by atoms with van der Waals surface area (Å²) in [5.74, 6) is 1.60. The summed E-state index contributed by atoms with van der Waals surface area (Å²) in [4.78, 5) is 21.4. The topological polar surface area (TPSA) is 36.4 Å². The monoisotopic (exact) mass is 343 g/mol. The third kappa shape index (κ3) is 3.07. The number of benzene rings is 1. The second kappa shape index (κ2) is 6.25. The zero-order valence-electron chi connectivity index (χ0n) is 13.9. The minimum absolute atomic E-state index is 0.286.